The van der Waals surface area contributed by atoms with Crippen LogP contribution in [0.15, 0.2) is 53.4 Å². The van der Waals surface area contributed by atoms with Crippen molar-refractivity contribution >= 4 is 27.3 Å². The molecule has 168 valence electrons. The van der Waals surface area contributed by atoms with Crippen LogP contribution in [0.2, 0.25) is 5.02 Å². The van der Waals surface area contributed by atoms with Crippen molar-refractivity contribution in [2.24, 2.45) is 0 Å². The second-order valence-electron chi connectivity index (χ2n) is 8.91. The average Bonchev–Trinajstić information content (AvgIpc) is 2.74. The minimum atomic E-state index is -3.57. The van der Waals surface area contributed by atoms with Crippen molar-refractivity contribution < 1.29 is 8.42 Å². The van der Waals surface area contributed by atoms with E-state index in [0.717, 1.165) is 45.3 Å². The van der Waals surface area contributed by atoms with E-state index < -0.39 is 10.0 Å². The molecule has 1 aliphatic carbocycles. The first kappa shape index (κ1) is 22.6. The van der Waals surface area contributed by atoms with Gasteiger partial charge in [-0.15, -0.1) is 0 Å². The number of nitrogens with zero attached hydrogens (tertiary/aromatic N) is 2. The summed E-state index contributed by atoms with van der Waals surface area (Å²) in [5, 5.41) is 0.537. The summed E-state index contributed by atoms with van der Waals surface area (Å²) in [7, 11) is -3.57. The topological polar surface area (TPSA) is 52.6 Å². The average molecular weight is 462 g/mol. The van der Waals surface area contributed by atoms with Crippen LogP contribution in [0.5, 0.6) is 0 Å². The van der Waals surface area contributed by atoms with Crippen LogP contribution in [-0.4, -0.2) is 51.1 Å². The van der Waals surface area contributed by atoms with Crippen LogP contribution in [0.1, 0.15) is 38.2 Å². The number of benzene rings is 2. The Hall–Kier alpha value is -1.60. The molecule has 1 saturated heterocycles. The number of piperazine rings is 1. The Bertz CT molecular complexity index is 996. The molecule has 2 fully saturated rings. The number of rotatable bonds is 5. The molecule has 1 heterocycles. The second kappa shape index (κ2) is 9.49. The monoisotopic (exact) mass is 461 g/mol. The molecule has 0 aromatic heterocycles. The number of hydrogen-bond donors (Lipinski definition) is 1. The van der Waals surface area contributed by atoms with Gasteiger partial charge in [0.25, 0.3) is 0 Å². The summed E-state index contributed by atoms with van der Waals surface area (Å²) in [6, 6.07) is 15.6. The Balaban J connectivity index is 1.46. The summed E-state index contributed by atoms with van der Waals surface area (Å²) >= 11 is 5.93. The predicted molar refractivity (Wildman–Crippen MR) is 127 cm³/mol. The van der Waals surface area contributed by atoms with E-state index in [2.05, 4.69) is 52.6 Å². The number of sulfonamides is 1. The standard InChI is InChI=1S/C24H32ClN3O2S/c1-18-6-5-7-21(16-18)28-15-14-27(17-19(28)2)24-9-4-3-8-23(24)26-31(29,30)22-12-10-20(25)11-13-22/h5-7,10-13,16,19,23-24,26H,3-4,8-9,14-15,17H2,1-2H3/t19-,23+,24-/m1/s1. The van der Waals surface area contributed by atoms with E-state index >= 15 is 0 Å². The predicted octanol–water partition coefficient (Wildman–Crippen LogP) is 4.45. The number of hydrogen-bond acceptors (Lipinski definition) is 4. The molecule has 7 heteroatoms. The van der Waals surface area contributed by atoms with E-state index in [9.17, 15) is 8.42 Å². The van der Waals surface area contributed by atoms with Crippen LogP contribution in [0.3, 0.4) is 0 Å². The van der Waals surface area contributed by atoms with Gasteiger partial charge in [-0.2, -0.15) is 0 Å². The largest absolute Gasteiger partial charge is 0.366 e. The summed E-state index contributed by atoms with van der Waals surface area (Å²) in [5.74, 6) is 0. The first-order chi connectivity index (χ1) is 14.8. The molecule has 0 amide bonds. The molecular formula is C24H32ClN3O2S. The summed E-state index contributed by atoms with van der Waals surface area (Å²) < 4.78 is 29.0. The maximum absolute atomic E-state index is 13.0. The third kappa shape index (κ3) is 5.25. The zero-order chi connectivity index (χ0) is 22.0. The highest BCUT2D eigenvalue weighted by Gasteiger charge is 2.36. The van der Waals surface area contributed by atoms with Crippen molar-refractivity contribution in [3.05, 3.63) is 59.1 Å². The van der Waals surface area contributed by atoms with Gasteiger partial charge < -0.3 is 4.90 Å². The summed E-state index contributed by atoms with van der Waals surface area (Å²) in [4.78, 5) is 5.25. The number of nitrogens with one attached hydrogen (secondary N) is 1. The summed E-state index contributed by atoms with van der Waals surface area (Å²) in [5.41, 5.74) is 2.55. The molecule has 0 radical (unpaired) electrons. The van der Waals surface area contributed by atoms with Gasteiger partial charge in [0.15, 0.2) is 0 Å². The summed E-state index contributed by atoms with van der Waals surface area (Å²) in [6.45, 7) is 7.24. The van der Waals surface area contributed by atoms with Gasteiger partial charge >= 0.3 is 0 Å². The zero-order valence-corrected chi connectivity index (χ0v) is 19.9. The molecule has 0 bridgehead atoms. The molecule has 2 aromatic rings. The number of halogens is 1. The maximum Gasteiger partial charge on any atom is 0.240 e. The van der Waals surface area contributed by atoms with Crippen LogP contribution in [0, 0.1) is 6.92 Å². The lowest BCUT2D eigenvalue weighted by Gasteiger charge is -2.47. The highest BCUT2D eigenvalue weighted by Crippen LogP contribution is 2.29. The van der Waals surface area contributed by atoms with Crippen LogP contribution in [-0.2, 0) is 10.0 Å². The molecule has 0 spiro atoms. The van der Waals surface area contributed by atoms with Gasteiger partial charge in [0.1, 0.15) is 0 Å². The van der Waals surface area contributed by atoms with Crippen molar-refractivity contribution in [1.29, 1.82) is 0 Å². The molecule has 1 saturated carbocycles. The normalized spacial score (nSPS) is 25.5. The lowest BCUT2D eigenvalue weighted by molar-refractivity contribution is 0.110. The molecule has 4 rings (SSSR count). The Morgan fingerprint density at radius 2 is 1.77 bits per heavy atom. The van der Waals surface area contributed by atoms with Gasteiger partial charge in [-0.25, -0.2) is 13.1 Å². The first-order valence-corrected chi connectivity index (χ1v) is 13.0. The smallest absolute Gasteiger partial charge is 0.240 e. The highest BCUT2D eigenvalue weighted by molar-refractivity contribution is 7.89. The van der Waals surface area contributed by atoms with Gasteiger partial charge in [-0.1, -0.05) is 36.6 Å². The molecule has 2 aromatic carbocycles. The van der Waals surface area contributed by atoms with E-state index in [1.165, 1.54) is 11.3 Å². The van der Waals surface area contributed by atoms with Gasteiger partial charge in [-0.3, -0.25) is 4.90 Å². The van der Waals surface area contributed by atoms with Crippen molar-refractivity contribution in [3.63, 3.8) is 0 Å². The van der Waals surface area contributed by atoms with E-state index in [4.69, 9.17) is 11.6 Å². The van der Waals surface area contributed by atoms with Crippen LogP contribution in [0.25, 0.3) is 0 Å². The Morgan fingerprint density at radius 3 is 2.48 bits per heavy atom. The van der Waals surface area contributed by atoms with Crippen molar-refractivity contribution in [2.75, 3.05) is 24.5 Å². The van der Waals surface area contributed by atoms with Crippen molar-refractivity contribution in [2.45, 2.75) is 62.6 Å². The quantitative estimate of drug-likeness (QED) is 0.714. The first-order valence-electron chi connectivity index (χ1n) is 11.2. The van der Waals surface area contributed by atoms with Crippen LogP contribution >= 0.6 is 11.6 Å². The van der Waals surface area contributed by atoms with Gasteiger partial charge in [0.2, 0.25) is 10.0 Å². The van der Waals surface area contributed by atoms with E-state index in [-0.39, 0.29) is 17.0 Å². The Kier molecular flexibility index (Phi) is 6.92. The van der Waals surface area contributed by atoms with E-state index in [1.54, 1.807) is 24.3 Å². The third-order valence-corrected chi connectivity index (χ3v) is 8.38. The molecule has 5 nitrogen and oxygen atoms in total. The van der Waals surface area contributed by atoms with E-state index in [1.807, 2.05) is 0 Å². The molecule has 1 N–H and O–H groups in total. The minimum absolute atomic E-state index is 0.0628. The third-order valence-electron chi connectivity index (χ3n) is 6.62. The Labute approximate surface area is 191 Å². The fourth-order valence-electron chi connectivity index (χ4n) is 5.04. The zero-order valence-electron chi connectivity index (χ0n) is 18.3. The molecule has 0 unspecified atom stereocenters. The fraction of sp³-hybridized carbons (Fsp3) is 0.500. The molecule has 2 aliphatic rings. The highest BCUT2D eigenvalue weighted by atomic mass is 35.5. The van der Waals surface area contributed by atoms with E-state index in [0.29, 0.717) is 11.1 Å². The number of aryl methyl sites for hydroxylation is 1. The minimum Gasteiger partial charge on any atom is -0.366 e. The number of anilines is 1. The molecule has 1 aliphatic heterocycles. The lowest BCUT2D eigenvalue weighted by Crippen LogP contribution is -2.60. The van der Waals surface area contributed by atoms with Gasteiger partial charge in [-0.05, 0) is 68.7 Å². The van der Waals surface area contributed by atoms with Crippen LogP contribution < -0.4 is 9.62 Å². The van der Waals surface area contributed by atoms with Gasteiger partial charge in [0, 0.05) is 48.5 Å². The second-order valence-corrected chi connectivity index (χ2v) is 11.1. The van der Waals surface area contributed by atoms with Gasteiger partial charge in [0.05, 0.1) is 4.90 Å². The summed E-state index contributed by atoms with van der Waals surface area (Å²) in [6.07, 6.45) is 4.12. The fourth-order valence-corrected chi connectivity index (χ4v) is 6.47. The SMILES string of the molecule is Cc1cccc(N2CCN([C@@H]3CCCC[C@@H]3NS(=O)(=O)c3ccc(Cl)cc3)C[C@H]2C)c1. The Morgan fingerprint density at radius 1 is 1.03 bits per heavy atom. The molecule has 31 heavy (non-hydrogen) atoms. The molecular weight excluding hydrogens is 430 g/mol. The molecule has 3 atom stereocenters. The lowest BCUT2D eigenvalue weighted by atomic mass is 9.89. The van der Waals surface area contributed by atoms with Crippen LogP contribution in [0.4, 0.5) is 5.69 Å². The van der Waals surface area contributed by atoms with Crippen molar-refractivity contribution in [3.8, 4) is 0 Å². The van der Waals surface area contributed by atoms with Crippen molar-refractivity contribution in [1.82, 2.24) is 9.62 Å². The maximum atomic E-state index is 13.0.